The van der Waals surface area contributed by atoms with Crippen LogP contribution in [0.3, 0.4) is 0 Å². The lowest BCUT2D eigenvalue weighted by Gasteiger charge is -2.13. The van der Waals surface area contributed by atoms with Crippen molar-refractivity contribution in [3.63, 3.8) is 0 Å². The van der Waals surface area contributed by atoms with Crippen molar-refractivity contribution < 1.29 is 9.90 Å². The number of imidazole rings is 1. The van der Waals surface area contributed by atoms with E-state index in [9.17, 15) is 9.90 Å². The smallest absolute Gasteiger partial charge is 0.337 e. The van der Waals surface area contributed by atoms with Crippen LogP contribution in [0.2, 0.25) is 0 Å². The van der Waals surface area contributed by atoms with E-state index in [1.165, 1.54) is 0 Å². The molecule has 0 radical (unpaired) electrons. The topological polar surface area (TPSA) is 55.1 Å². The molecule has 4 nitrogen and oxygen atoms in total. The number of benzene rings is 1. The Balaban J connectivity index is 2.61. The van der Waals surface area contributed by atoms with E-state index in [4.69, 9.17) is 0 Å². The van der Waals surface area contributed by atoms with Gasteiger partial charge in [-0.1, -0.05) is 6.07 Å². The third-order valence-electron chi connectivity index (χ3n) is 2.71. The Bertz CT molecular complexity index is 550. The second kappa shape index (κ2) is 4.79. The van der Waals surface area contributed by atoms with Crippen molar-refractivity contribution in [1.82, 2.24) is 9.55 Å². The molecule has 0 aliphatic rings. The summed E-state index contributed by atoms with van der Waals surface area (Å²) in [7, 11) is 0. The molecule has 1 aromatic heterocycles. The fraction of sp³-hybridized carbons (Fsp3) is 0.333. The van der Waals surface area contributed by atoms with E-state index in [-0.39, 0.29) is 6.04 Å². The number of nitrogens with zero attached hydrogens (tertiary/aromatic N) is 2. The molecule has 0 aliphatic heterocycles. The lowest BCUT2D eigenvalue weighted by molar-refractivity contribution is 0.0698. The van der Waals surface area contributed by atoms with Gasteiger partial charge in [-0.2, -0.15) is 11.8 Å². The van der Waals surface area contributed by atoms with E-state index < -0.39 is 5.97 Å². The molecule has 0 saturated heterocycles. The molecule has 0 amide bonds. The van der Waals surface area contributed by atoms with Gasteiger partial charge in [0.2, 0.25) is 0 Å². The second-order valence-corrected chi connectivity index (χ2v) is 4.85. The predicted molar refractivity (Wildman–Crippen MR) is 69.8 cm³/mol. The lowest BCUT2D eigenvalue weighted by atomic mass is 10.1. The van der Waals surface area contributed by atoms with Crippen molar-refractivity contribution in [3.8, 4) is 0 Å². The molecule has 0 saturated carbocycles. The van der Waals surface area contributed by atoms with E-state index in [2.05, 4.69) is 11.9 Å². The van der Waals surface area contributed by atoms with E-state index >= 15 is 0 Å². The maximum Gasteiger partial charge on any atom is 0.337 e. The largest absolute Gasteiger partial charge is 0.478 e. The number of carbonyl (C=O) groups is 1. The maximum atomic E-state index is 11.2. The molecular weight excluding hydrogens is 236 g/mol. The minimum Gasteiger partial charge on any atom is -0.478 e. The number of rotatable bonds is 4. The molecule has 2 aromatic rings. The number of aromatic nitrogens is 2. The van der Waals surface area contributed by atoms with Crippen LogP contribution >= 0.6 is 11.8 Å². The van der Waals surface area contributed by atoms with Gasteiger partial charge < -0.3 is 9.67 Å². The minimum atomic E-state index is -0.909. The number of hydrogen-bond acceptors (Lipinski definition) is 3. The third kappa shape index (κ3) is 2.15. The molecule has 1 unspecified atom stereocenters. The molecular formula is C12H14N2O2S. The highest BCUT2D eigenvalue weighted by molar-refractivity contribution is 7.98. The summed E-state index contributed by atoms with van der Waals surface area (Å²) in [6.07, 6.45) is 3.76. The Labute approximate surface area is 104 Å². The fourth-order valence-electron chi connectivity index (χ4n) is 1.92. The normalized spacial score (nSPS) is 12.8. The number of thioether (sulfide) groups is 1. The van der Waals surface area contributed by atoms with Crippen LogP contribution < -0.4 is 0 Å². The summed E-state index contributed by atoms with van der Waals surface area (Å²) in [5, 5.41) is 9.19. The lowest BCUT2D eigenvalue weighted by Crippen LogP contribution is -2.09. The number of carboxylic acid groups (broad SMARTS) is 1. The van der Waals surface area contributed by atoms with Crippen LogP contribution in [0, 0.1) is 0 Å². The van der Waals surface area contributed by atoms with Gasteiger partial charge in [0.15, 0.2) is 0 Å². The zero-order valence-corrected chi connectivity index (χ0v) is 10.6. The maximum absolute atomic E-state index is 11.2. The van der Waals surface area contributed by atoms with Gasteiger partial charge >= 0.3 is 5.97 Å². The summed E-state index contributed by atoms with van der Waals surface area (Å²) in [6, 6.07) is 5.41. The zero-order chi connectivity index (χ0) is 12.4. The van der Waals surface area contributed by atoms with Crippen molar-refractivity contribution in [2.24, 2.45) is 0 Å². The minimum absolute atomic E-state index is 0.232. The first-order valence-corrected chi connectivity index (χ1v) is 6.72. The van der Waals surface area contributed by atoms with Gasteiger partial charge in [-0.05, 0) is 25.3 Å². The van der Waals surface area contributed by atoms with Crippen molar-refractivity contribution in [1.29, 1.82) is 0 Å². The number of carboxylic acids is 1. The highest BCUT2D eigenvalue weighted by Crippen LogP contribution is 2.23. The monoisotopic (exact) mass is 250 g/mol. The highest BCUT2D eigenvalue weighted by atomic mass is 32.2. The first kappa shape index (κ1) is 12.0. The van der Waals surface area contributed by atoms with Crippen molar-refractivity contribution in [3.05, 3.63) is 30.1 Å². The summed E-state index contributed by atoms with van der Waals surface area (Å²) in [6.45, 7) is 2.07. The second-order valence-electron chi connectivity index (χ2n) is 3.93. The molecule has 0 bridgehead atoms. The Hall–Kier alpha value is -1.49. The molecule has 1 N–H and O–H groups in total. The first-order valence-electron chi connectivity index (χ1n) is 5.33. The highest BCUT2D eigenvalue weighted by Gasteiger charge is 2.15. The quantitative estimate of drug-likeness (QED) is 0.906. The van der Waals surface area contributed by atoms with Crippen molar-refractivity contribution in [2.45, 2.75) is 13.0 Å². The van der Waals surface area contributed by atoms with E-state index in [1.807, 2.05) is 16.9 Å². The van der Waals surface area contributed by atoms with Gasteiger partial charge in [0.25, 0.3) is 0 Å². The van der Waals surface area contributed by atoms with Crippen LogP contribution in [0.1, 0.15) is 23.3 Å². The number of fused-ring (bicyclic) bond motifs is 1. The molecule has 1 aromatic carbocycles. The van der Waals surface area contributed by atoms with Crippen LogP contribution in [0.5, 0.6) is 0 Å². The Morgan fingerprint density at radius 1 is 1.59 bits per heavy atom. The number of para-hydroxylation sites is 1. The summed E-state index contributed by atoms with van der Waals surface area (Å²) in [4.78, 5) is 15.5. The first-order chi connectivity index (χ1) is 8.15. The SMILES string of the molecule is CSCC(C)n1cnc2cccc(C(=O)O)c21. The molecule has 5 heteroatoms. The van der Waals surface area contributed by atoms with E-state index in [0.29, 0.717) is 11.1 Å². The van der Waals surface area contributed by atoms with Crippen LogP contribution in [0.25, 0.3) is 11.0 Å². The molecule has 0 spiro atoms. The molecule has 17 heavy (non-hydrogen) atoms. The van der Waals surface area contributed by atoms with E-state index in [0.717, 1.165) is 11.3 Å². The van der Waals surface area contributed by atoms with Crippen LogP contribution in [0.15, 0.2) is 24.5 Å². The van der Waals surface area contributed by atoms with Crippen molar-refractivity contribution in [2.75, 3.05) is 12.0 Å². The van der Waals surface area contributed by atoms with Gasteiger partial charge in [-0.15, -0.1) is 0 Å². The van der Waals surface area contributed by atoms with Crippen LogP contribution in [0.4, 0.5) is 0 Å². The third-order valence-corrected chi connectivity index (χ3v) is 3.52. The molecule has 0 fully saturated rings. The average Bonchev–Trinajstić information content (AvgIpc) is 2.72. The van der Waals surface area contributed by atoms with Gasteiger partial charge in [0, 0.05) is 11.8 Å². The molecule has 2 rings (SSSR count). The Morgan fingerprint density at radius 3 is 3.00 bits per heavy atom. The van der Waals surface area contributed by atoms with Gasteiger partial charge in [0.1, 0.15) is 0 Å². The van der Waals surface area contributed by atoms with Crippen LogP contribution in [-0.4, -0.2) is 32.6 Å². The zero-order valence-electron chi connectivity index (χ0n) is 9.75. The molecule has 90 valence electrons. The standard InChI is InChI=1S/C12H14N2O2S/c1-8(6-17-2)14-7-13-10-5-3-4-9(11(10)14)12(15)16/h3-5,7-8H,6H2,1-2H3,(H,15,16). The van der Waals surface area contributed by atoms with Gasteiger partial charge in [-0.3, -0.25) is 0 Å². The summed E-state index contributed by atoms with van der Waals surface area (Å²) >= 11 is 1.73. The number of hydrogen-bond donors (Lipinski definition) is 1. The molecule has 1 atom stereocenters. The summed E-state index contributed by atoms with van der Waals surface area (Å²) < 4.78 is 1.94. The number of aromatic carboxylic acids is 1. The van der Waals surface area contributed by atoms with Gasteiger partial charge in [0.05, 0.1) is 22.9 Å². The predicted octanol–water partition coefficient (Wildman–Crippen LogP) is 2.66. The Morgan fingerprint density at radius 2 is 2.35 bits per heavy atom. The van der Waals surface area contributed by atoms with Crippen LogP contribution in [-0.2, 0) is 0 Å². The van der Waals surface area contributed by atoms with Gasteiger partial charge in [-0.25, -0.2) is 9.78 Å². The van der Waals surface area contributed by atoms with E-state index in [1.54, 1.807) is 30.2 Å². The fourth-order valence-corrected chi connectivity index (χ4v) is 2.56. The summed E-state index contributed by atoms with van der Waals surface area (Å²) in [5.74, 6) is 0.0214. The Kier molecular flexibility index (Phi) is 3.38. The average molecular weight is 250 g/mol. The molecule has 0 aliphatic carbocycles. The molecule has 1 heterocycles. The summed E-state index contributed by atoms with van der Waals surface area (Å²) in [5.41, 5.74) is 1.76. The van der Waals surface area contributed by atoms with Crippen molar-refractivity contribution >= 4 is 28.8 Å².